The Morgan fingerprint density at radius 3 is 2.47 bits per heavy atom. The Morgan fingerprint density at radius 1 is 1.25 bits per heavy atom. The van der Waals surface area contributed by atoms with Gasteiger partial charge in [-0.2, -0.15) is 12.6 Å². The Labute approximate surface area is 207 Å². The molecule has 2 atom stereocenters. The Morgan fingerprint density at radius 2 is 1.91 bits per heavy atom. The van der Waals surface area contributed by atoms with E-state index in [2.05, 4.69) is 4.90 Å². The first-order valence-electron chi connectivity index (χ1n) is 10.6. The lowest BCUT2D eigenvalue weighted by Gasteiger charge is -2.38. The molecule has 2 aliphatic rings. The van der Waals surface area contributed by atoms with Crippen molar-refractivity contribution in [3.8, 4) is 0 Å². The van der Waals surface area contributed by atoms with Gasteiger partial charge in [-0.1, -0.05) is 24.3 Å². The van der Waals surface area contributed by atoms with Gasteiger partial charge in [0.1, 0.15) is 5.82 Å². The molecule has 1 N–H and O–H groups in total. The molecule has 0 radical (unpaired) electrons. The van der Waals surface area contributed by atoms with Crippen molar-refractivity contribution in [2.45, 2.75) is 50.4 Å². The van der Waals surface area contributed by atoms with E-state index >= 15 is 0 Å². The van der Waals surface area contributed by atoms with Gasteiger partial charge in [-0.05, 0) is 44.7 Å². The highest BCUT2D eigenvalue weighted by atomic mass is 35.5. The Balaban J connectivity index is 0.00000256. The second-order valence-electron chi connectivity index (χ2n) is 8.57. The predicted octanol–water partition coefficient (Wildman–Crippen LogP) is 4.42. The molecule has 3 rings (SSSR count). The van der Waals surface area contributed by atoms with E-state index < -0.39 is 12.0 Å². The summed E-state index contributed by atoms with van der Waals surface area (Å²) in [6, 6.07) is 6.06. The van der Waals surface area contributed by atoms with Crippen LogP contribution in [0.5, 0.6) is 0 Å². The average Bonchev–Trinajstić information content (AvgIpc) is 3.53. The zero-order valence-corrected chi connectivity index (χ0v) is 21.0. The van der Waals surface area contributed by atoms with Gasteiger partial charge in [0.15, 0.2) is 5.78 Å². The summed E-state index contributed by atoms with van der Waals surface area (Å²) in [6.45, 7) is 5.62. The number of thiol groups is 1. The first kappa shape index (κ1) is 28.9. The first-order valence-corrected chi connectivity index (χ1v) is 11.1. The molecular weight excluding hydrogens is 474 g/mol. The molecule has 5 nitrogen and oxygen atoms in total. The van der Waals surface area contributed by atoms with Crippen LogP contribution in [0.25, 0.3) is 0 Å². The number of nitrogens with zero attached hydrogens (tertiary/aromatic N) is 2. The molecule has 1 aliphatic heterocycles. The van der Waals surface area contributed by atoms with Gasteiger partial charge >= 0.3 is 5.97 Å². The summed E-state index contributed by atoms with van der Waals surface area (Å²) in [5.41, 5.74) is 1.51. The van der Waals surface area contributed by atoms with Crippen LogP contribution in [0, 0.1) is 11.7 Å². The van der Waals surface area contributed by atoms with Crippen molar-refractivity contribution in [2.24, 2.45) is 5.92 Å². The Kier molecular flexibility index (Phi) is 11.7. The number of benzene rings is 1. The van der Waals surface area contributed by atoms with Gasteiger partial charge in [0.05, 0.1) is 12.6 Å². The fraction of sp³-hybridized carbons (Fsp3) is 0.565. The third kappa shape index (κ3) is 7.45. The molecular formula is C23H33Cl2FN2O3S. The minimum Gasteiger partial charge on any atom is -0.480 e. The van der Waals surface area contributed by atoms with E-state index in [1.807, 2.05) is 24.8 Å². The van der Waals surface area contributed by atoms with E-state index in [1.54, 1.807) is 18.2 Å². The van der Waals surface area contributed by atoms with E-state index in [1.165, 1.54) is 6.07 Å². The third-order valence-corrected chi connectivity index (χ3v) is 6.56. The Hall–Kier alpha value is -1.12. The number of piperidine rings is 1. The molecule has 9 heteroatoms. The first-order chi connectivity index (χ1) is 14.3. The SMILES string of the molecule is CC(C)N(C/C=C1\CN(C(C(=O)C2CC2)c2ccccc2F)CCC1S)CC(=O)O.Cl.Cl. The van der Waals surface area contributed by atoms with Gasteiger partial charge in [-0.25, -0.2) is 4.39 Å². The molecule has 0 spiro atoms. The van der Waals surface area contributed by atoms with Gasteiger partial charge in [-0.15, -0.1) is 24.8 Å². The number of aliphatic carboxylic acids is 1. The molecule has 2 unspecified atom stereocenters. The second kappa shape index (κ2) is 12.9. The zero-order chi connectivity index (χ0) is 21.8. The number of rotatable bonds is 9. The maximum atomic E-state index is 14.6. The minimum absolute atomic E-state index is 0. The van der Waals surface area contributed by atoms with Crippen LogP contribution in [-0.2, 0) is 9.59 Å². The summed E-state index contributed by atoms with van der Waals surface area (Å²) in [6.07, 6.45) is 4.56. The highest BCUT2D eigenvalue weighted by molar-refractivity contribution is 7.81. The lowest BCUT2D eigenvalue weighted by molar-refractivity contribution is -0.138. The molecule has 1 aliphatic carbocycles. The van der Waals surface area contributed by atoms with Crippen LogP contribution in [0.15, 0.2) is 35.9 Å². The van der Waals surface area contributed by atoms with E-state index in [0.29, 0.717) is 25.2 Å². The van der Waals surface area contributed by atoms with Crippen LogP contribution in [0.4, 0.5) is 4.39 Å². The number of Topliss-reactive ketones (excluding diaryl/α,β-unsaturated/α-hetero) is 1. The van der Waals surface area contributed by atoms with Gasteiger partial charge in [0.2, 0.25) is 0 Å². The number of carbonyl (C=O) groups excluding carboxylic acids is 1. The molecule has 0 bridgehead atoms. The number of halogens is 3. The molecule has 180 valence electrons. The van der Waals surface area contributed by atoms with Crippen LogP contribution in [0.1, 0.15) is 44.7 Å². The maximum Gasteiger partial charge on any atom is 0.317 e. The van der Waals surface area contributed by atoms with Gasteiger partial charge < -0.3 is 5.11 Å². The van der Waals surface area contributed by atoms with Crippen molar-refractivity contribution in [1.82, 2.24) is 9.80 Å². The quantitative estimate of drug-likeness (QED) is 0.383. The number of carboxylic acids is 1. The monoisotopic (exact) mass is 506 g/mol. The summed E-state index contributed by atoms with van der Waals surface area (Å²) >= 11 is 4.71. The summed E-state index contributed by atoms with van der Waals surface area (Å²) in [7, 11) is 0. The van der Waals surface area contributed by atoms with Crippen LogP contribution < -0.4 is 0 Å². The summed E-state index contributed by atoms with van der Waals surface area (Å²) in [5, 5.41) is 9.20. The molecule has 1 aromatic carbocycles. The largest absolute Gasteiger partial charge is 0.480 e. The molecule has 1 heterocycles. The normalized spacial score (nSPS) is 21.2. The zero-order valence-electron chi connectivity index (χ0n) is 18.4. The van der Waals surface area contributed by atoms with Crippen molar-refractivity contribution in [1.29, 1.82) is 0 Å². The molecule has 0 aromatic heterocycles. The molecule has 2 fully saturated rings. The standard InChI is InChI=1S/C23H31FN2O3S.2ClH/c1-15(2)25(14-21(27)28)11-9-17-13-26(12-10-20(17)30)22(23(29)16-7-8-16)18-5-3-4-6-19(18)24;;/h3-6,9,15-16,20,22,30H,7-8,10-14H2,1-2H3,(H,27,28);2*1H/b17-9+;;. The van der Waals surface area contributed by atoms with Crippen LogP contribution >= 0.6 is 37.4 Å². The third-order valence-electron chi connectivity index (χ3n) is 5.97. The molecule has 32 heavy (non-hydrogen) atoms. The van der Waals surface area contributed by atoms with Gasteiger partial charge in [0, 0.05) is 42.4 Å². The molecule has 0 amide bonds. The number of ketones is 1. The van der Waals surface area contributed by atoms with Crippen molar-refractivity contribution in [3.05, 3.63) is 47.3 Å². The fourth-order valence-electron chi connectivity index (χ4n) is 4.00. The summed E-state index contributed by atoms with van der Waals surface area (Å²) in [5.74, 6) is -1.07. The number of hydrogen-bond acceptors (Lipinski definition) is 5. The predicted molar refractivity (Wildman–Crippen MR) is 133 cm³/mol. The van der Waals surface area contributed by atoms with E-state index in [4.69, 9.17) is 17.7 Å². The maximum absolute atomic E-state index is 14.6. The van der Waals surface area contributed by atoms with Crippen LogP contribution in [-0.4, -0.2) is 64.1 Å². The van der Waals surface area contributed by atoms with Crippen molar-refractivity contribution in [2.75, 3.05) is 26.2 Å². The number of hydrogen-bond donors (Lipinski definition) is 2. The van der Waals surface area contributed by atoms with Crippen molar-refractivity contribution in [3.63, 3.8) is 0 Å². The second-order valence-corrected chi connectivity index (χ2v) is 9.19. The van der Waals surface area contributed by atoms with E-state index in [9.17, 15) is 14.0 Å². The lowest BCUT2D eigenvalue weighted by Crippen LogP contribution is -2.43. The average molecular weight is 507 g/mol. The van der Waals surface area contributed by atoms with Crippen molar-refractivity contribution >= 4 is 49.2 Å². The highest BCUT2D eigenvalue weighted by Crippen LogP contribution is 2.39. The lowest BCUT2D eigenvalue weighted by atomic mass is 9.93. The molecule has 1 saturated heterocycles. The van der Waals surface area contributed by atoms with E-state index in [0.717, 1.165) is 24.8 Å². The van der Waals surface area contributed by atoms with Crippen LogP contribution in [0.3, 0.4) is 0 Å². The van der Waals surface area contributed by atoms with Gasteiger partial charge in [-0.3, -0.25) is 19.4 Å². The Bertz CT molecular complexity index is 820. The highest BCUT2D eigenvalue weighted by Gasteiger charge is 2.40. The fourth-order valence-corrected chi connectivity index (χ4v) is 4.30. The minimum atomic E-state index is -0.857. The van der Waals surface area contributed by atoms with Gasteiger partial charge in [0.25, 0.3) is 0 Å². The van der Waals surface area contributed by atoms with E-state index in [-0.39, 0.29) is 60.2 Å². The number of carbonyl (C=O) groups is 2. The summed E-state index contributed by atoms with van der Waals surface area (Å²) in [4.78, 5) is 28.2. The molecule has 1 aromatic rings. The summed E-state index contributed by atoms with van der Waals surface area (Å²) < 4.78 is 14.6. The topological polar surface area (TPSA) is 60.9 Å². The number of likely N-dealkylation sites (tertiary alicyclic amines) is 1. The van der Waals surface area contributed by atoms with Crippen molar-refractivity contribution < 1.29 is 19.1 Å². The van der Waals surface area contributed by atoms with Crippen LogP contribution in [0.2, 0.25) is 0 Å². The smallest absolute Gasteiger partial charge is 0.317 e. The molecule has 1 saturated carbocycles. The number of carboxylic acid groups (broad SMARTS) is 1.